The second-order valence-electron chi connectivity index (χ2n) is 7.21. The molecule has 0 bridgehead atoms. The highest BCUT2D eigenvalue weighted by molar-refractivity contribution is 8.00. The first-order valence-electron chi connectivity index (χ1n) is 10.2. The fraction of sp³-hybridized carbons (Fsp3) is 0.261. The molecular weight excluding hydrogens is 431 g/mol. The van der Waals surface area contributed by atoms with Gasteiger partial charge in [-0.1, -0.05) is 42.5 Å². The highest BCUT2D eigenvalue weighted by atomic mass is 32.2. The van der Waals surface area contributed by atoms with Gasteiger partial charge >= 0.3 is 5.69 Å². The Morgan fingerprint density at radius 1 is 1.16 bits per heavy atom. The van der Waals surface area contributed by atoms with Crippen LogP contribution in [-0.4, -0.2) is 27.8 Å². The molecule has 3 rings (SSSR count). The molecule has 3 N–H and O–H groups in total. The predicted octanol–water partition coefficient (Wildman–Crippen LogP) is 3.15. The van der Waals surface area contributed by atoms with Crippen LogP contribution in [-0.2, 0) is 11.3 Å². The maximum Gasteiger partial charge on any atom is 0.330 e. The highest BCUT2D eigenvalue weighted by Gasteiger charge is 2.23. The number of anilines is 2. The lowest BCUT2D eigenvalue weighted by atomic mass is 10.2. The average Bonchev–Trinajstić information content (AvgIpc) is 2.78. The van der Waals surface area contributed by atoms with Gasteiger partial charge in [-0.05, 0) is 37.1 Å². The van der Waals surface area contributed by atoms with Crippen molar-refractivity contribution in [3.63, 3.8) is 0 Å². The van der Waals surface area contributed by atoms with E-state index in [1.807, 2.05) is 37.3 Å². The third kappa shape index (κ3) is 5.28. The minimum absolute atomic E-state index is 0.0388. The Bertz CT molecular complexity index is 1190. The molecule has 0 fully saturated rings. The molecule has 9 heteroatoms. The lowest BCUT2D eigenvalue weighted by Gasteiger charge is -2.23. The Labute approximate surface area is 189 Å². The zero-order valence-electron chi connectivity index (χ0n) is 17.9. The summed E-state index contributed by atoms with van der Waals surface area (Å²) >= 11 is 1.37. The molecule has 1 amide bonds. The maximum absolute atomic E-state index is 13.1. The number of halogens is 1. The fourth-order valence-corrected chi connectivity index (χ4v) is 4.22. The summed E-state index contributed by atoms with van der Waals surface area (Å²) in [7, 11) is 0. The molecule has 0 saturated carbocycles. The van der Waals surface area contributed by atoms with Gasteiger partial charge in [0.15, 0.2) is 5.69 Å². The van der Waals surface area contributed by atoms with Gasteiger partial charge in [-0.15, -0.1) is 11.8 Å². The van der Waals surface area contributed by atoms with Crippen molar-refractivity contribution in [1.29, 1.82) is 0 Å². The summed E-state index contributed by atoms with van der Waals surface area (Å²) in [4.78, 5) is 41.5. The SMILES string of the molecule is CCN(C(=O)CSC(C)c1ccc(F)cc1)c1c(N)n(Cc2ccccc2)c(=O)[nH]c1=O. The molecule has 0 spiro atoms. The number of carbonyl (C=O) groups excluding carboxylic acids is 1. The van der Waals surface area contributed by atoms with Gasteiger partial charge in [-0.25, -0.2) is 9.18 Å². The van der Waals surface area contributed by atoms with Crippen LogP contribution in [0.4, 0.5) is 15.9 Å². The van der Waals surface area contributed by atoms with Crippen molar-refractivity contribution in [2.24, 2.45) is 0 Å². The van der Waals surface area contributed by atoms with Crippen molar-refractivity contribution in [1.82, 2.24) is 9.55 Å². The number of nitrogens with two attached hydrogens (primary N) is 1. The van der Waals surface area contributed by atoms with Crippen molar-refractivity contribution in [2.75, 3.05) is 22.9 Å². The lowest BCUT2D eigenvalue weighted by Crippen LogP contribution is -2.42. The molecule has 1 unspecified atom stereocenters. The zero-order valence-corrected chi connectivity index (χ0v) is 18.7. The molecule has 2 aromatic carbocycles. The summed E-state index contributed by atoms with van der Waals surface area (Å²) in [6.45, 7) is 4.03. The number of nitrogen functional groups attached to an aromatic ring is 1. The smallest absolute Gasteiger partial charge is 0.330 e. The van der Waals surface area contributed by atoms with Crippen molar-refractivity contribution in [3.05, 3.63) is 92.4 Å². The zero-order chi connectivity index (χ0) is 23.3. The van der Waals surface area contributed by atoms with Crippen molar-refractivity contribution in [3.8, 4) is 0 Å². The molecule has 0 aliphatic rings. The second-order valence-corrected chi connectivity index (χ2v) is 8.54. The van der Waals surface area contributed by atoms with E-state index in [9.17, 15) is 18.8 Å². The molecule has 7 nitrogen and oxygen atoms in total. The number of nitrogens with zero attached hydrogens (tertiary/aromatic N) is 2. The quantitative estimate of drug-likeness (QED) is 0.542. The Kier molecular flexibility index (Phi) is 7.53. The monoisotopic (exact) mass is 456 g/mol. The van der Waals surface area contributed by atoms with Crippen LogP contribution in [0.5, 0.6) is 0 Å². The summed E-state index contributed by atoms with van der Waals surface area (Å²) < 4.78 is 14.4. The van der Waals surface area contributed by atoms with Gasteiger partial charge in [-0.3, -0.25) is 19.1 Å². The van der Waals surface area contributed by atoms with Crippen LogP contribution < -0.4 is 21.9 Å². The van der Waals surface area contributed by atoms with Crippen LogP contribution in [0.1, 0.15) is 30.2 Å². The van der Waals surface area contributed by atoms with Crippen molar-refractivity contribution < 1.29 is 9.18 Å². The van der Waals surface area contributed by atoms with Crippen LogP contribution in [0.2, 0.25) is 0 Å². The lowest BCUT2D eigenvalue weighted by molar-refractivity contribution is -0.116. The van der Waals surface area contributed by atoms with Crippen LogP contribution >= 0.6 is 11.8 Å². The minimum atomic E-state index is -0.705. The number of carbonyl (C=O) groups is 1. The van der Waals surface area contributed by atoms with Gasteiger partial charge in [0.05, 0.1) is 12.3 Å². The Morgan fingerprint density at radius 2 is 1.81 bits per heavy atom. The maximum atomic E-state index is 13.1. The summed E-state index contributed by atoms with van der Waals surface area (Å²) in [5.74, 6) is -0.606. The molecular formula is C23H25FN4O3S. The Balaban J connectivity index is 1.83. The van der Waals surface area contributed by atoms with E-state index < -0.39 is 11.2 Å². The molecule has 0 aliphatic heterocycles. The van der Waals surface area contributed by atoms with Gasteiger partial charge in [0, 0.05) is 11.8 Å². The molecule has 1 heterocycles. The third-order valence-electron chi connectivity index (χ3n) is 5.08. The van der Waals surface area contributed by atoms with E-state index >= 15 is 0 Å². The molecule has 0 radical (unpaired) electrons. The van der Waals surface area contributed by atoms with E-state index in [-0.39, 0.29) is 47.3 Å². The summed E-state index contributed by atoms with van der Waals surface area (Å²) in [5.41, 5.74) is 6.56. The molecule has 168 valence electrons. The van der Waals surface area contributed by atoms with E-state index in [1.165, 1.54) is 33.4 Å². The first-order chi connectivity index (χ1) is 15.3. The van der Waals surface area contributed by atoms with Crippen LogP contribution in [0.3, 0.4) is 0 Å². The van der Waals surface area contributed by atoms with E-state index in [1.54, 1.807) is 19.1 Å². The first kappa shape index (κ1) is 23.3. The van der Waals surface area contributed by atoms with Gasteiger partial charge in [0.25, 0.3) is 5.56 Å². The topological polar surface area (TPSA) is 101 Å². The number of thioether (sulfide) groups is 1. The molecule has 3 aromatic rings. The number of aromatic amines is 1. The molecule has 1 atom stereocenters. The van der Waals surface area contributed by atoms with E-state index in [0.717, 1.165) is 11.1 Å². The average molecular weight is 457 g/mol. The number of H-pyrrole nitrogens is 1. The summed E-state index contributed by atoms with van der Waals surface area (Å²) in [5, 5.41) is -0.0547. The molecule has 1 aromatic heterocycles. The number of hydrogen-bond acceptors (Lipinski definition) is 5. The predicted molar refractivity (Wildman–Crippen MR) is 127 cm³/mol. The fourth-order valence-electron chi connectivity index (χ4n) is 3.32. The largest absolute Gasteiger partial charge is 0.383 e. The minimum Gasteiger partial charge on any atom is -0.383 e. The molecule has 0 saturated heterocycles. The van der Waals surface area contributed by atoms with Gasteiger partial charge < -0.3 is 10.6 Å². The normalized spacial score (nSPS) is 11.8. The van der Waals surface area contributed by atoms with E-state index in [2.05, 4.69) is 4.98 Å². The number of amides is 1. The highest BCUT2D eigenvalue weighted by Crippen LogP contribution is 2.29. The van der Waals surface area contributed by atoms with Crippen LogP contribution in [0.25, 0.3) is 0 Å². The van der Waals surface area contributed by atoms with E-state index in [0.29, 0.717) is 0 Å². The van der Waals surface area contributed by atoms with Crippen LogP contribution in [0, 0.1) is 5.82 Å². The third-order valence-corrected chi connectivity index (χ3v) is 6.27. The second kappa shape index (κ2) is 10.3. The van der Waals surface area contributed by atoms with Gasteiger partial charge in [-0.2, -0.15) is 0 Å². The Morgan fingerprint density at radius 3 is 2.44 bits per heavy atom. The number of rotatable bonds is 8. The number of hydrogen-bond donors (Lipinski definition) is 2. The molecule has 0 aliphatic carbocycles. The number of aromatic nitrogens is 2. The summed E-state index contributed by atoms with van der Waals surface area (Å²) in [6.07, 6.45) is 0. The number of benzene rings is 2. The first-order valence-corrected chi connectivity index (χ1v) is 11.2. The summed E-state index contributed by atoms with van der Waals surface area (Å²) in [6, 6.07) is 15.3. The van der Waals surface area contributed by atoms with Gasteiger partial charge in [0.1, 0.15) is 11.6 Å². The van der Waals surface area contributed by atoms with E-state index in [4.69, 9.17) is 5.73 Å². The van der Waals surface area contributed by atoms with Crippen molar-refractivity contribution in [2.45, 2.75) is 25.6 Å². The Hall–Kier alpha value is -3.33. The standard InChI is InChI=1S/C23H25FN4O3S/c1-3-27(19(29)14-32-15(2)17-9-11-18(24)12-10-17)20-21(25)28(23(31)26-22(20)30)13-16-7-5-4-6-8-16/h4-12,15H,3,13-14,25H2,1-2H3,(H,26,30,31). The van der Waals surface area contributed by atoms with Crippen LogP contribution in [0.15, 0.2) is 64.2 Å². The number of nitrogens with one attached hydrogen (secondary N) is 1. The van der Waals surface area contributed by atoms with Crippen molar-refractivity contribution >= 4 is 29.2 Å². The van der Waals surface area contributed by atoms with Gasteiger partial charge in [0.2, 0.25) is 5.91 Å². The molecule has 32 heavy (non-hydrogen) atoms.